The first-order valence-electron chi connectivity index (χ1n) is 4.57. The molecule has 16 heavy (non-hydrogen) atoms. The van der Waals surface area contributed by atoms with E-state index in [1.54, 1.807) is 18.2 Å². The summed E-state index contributed by atoms with van der Waals surface area (Å²) in [5.74, 6) is -0.636. The lowest BCUT2D eigenvalue weighted by Gasteiger charge is -2.28. The Morgan fingerprint density at radius 1 is 1.56 bits per heavy atom. The molecule has 1 aromatic rings. The first-order chi connectivity index (χ1) is 7.61. The first-order valence-corrected chi connectivity index (χ1v) is 5.90. The standard InChI is InChI=1S/C10H8BrClN2O2/c11-6-1-2-7-8(3-6)14(10(16)4-12)5-9(15)13-7/h1-3H,4-5H2,(H,13,15). The summed E-state index contributed by atoms with van der Waals surface area (Å²) in [4.78, 5) is 24.3. The van der Waals surface area contributed by atoms with Crippen molar-refractivity contribution in [2.75, 3.05) is 22.6 Å². The number of anilines is 2. The van der Waals surface area contributed by atoms with Crippen LogP contribution >= 0.6 is 27.5 Å². The zero-order chi connectivity index (χ0) is 11.7. The van der Waals surface area contributed by atoms with Gasteiger partial charge in [0.2, 0.25) is 11.8 Å². The number of hydrogen-bond donors (Lipinski definition) is 1. The predicted octanol–water partition coefficient (Wildman–Crippen LogP) is 1.97. The maximum Gasteiger partial charge on any atom is 0.244 e. The van der Waals surface area contributed by atoms with Crippen molar-refractivity contribution in [2.24, 2.45) is 0 Å². The summed E-state index contributed by atoms with van der Waals surface area (Å²) in [7, 11) is 0. The highest BCUT2D eigenvalue weighted by Crippen LogP contribution is 2.32. The molecule has 1 heterocycles. The highest BCUT2D eigenvalue weighted by atomic mass is 79.9. The van der Waals surface area contributed by atoms with Crippen molar-refractivity contribution < 1.29 is 9.59 Å². The molecule has 0 radical (unpaired) electrons. The summed E-state index contributed by atoms with van der Waals surface area (Å²) in [5.41, 5.74) is 1.29. The fourth-order valence-electron chi connectivity index (χ4n) is 1.55. The van der Waals surface area contributed by atoms with Gasteiger partial charge in [-0.2, -0.15) is 0 Å². The molecule has 84 valence electrons. The molecular weight excluding hydrogens is 295 g/mol. The fourth-order valence-corrected chi connectivity index (χ4v) is 2.04. The molecule has 0 spiro atoms. The van der Waals surface area contributed by atoms with Gasteiger partial charge in [-0.3, -0.25) is 14.5 Å². The van der Waals surface area contributed by atoms with E-state index < -0.39 is 0 Å². The molecule has 1 aromatic carbocycles. The van der Waals surface area contributed by atoms with Crippen molar-refractivity contribution >= 4 is 50.7 Å². The van der Waals surface area contributed by atoms with E-state index in [-0.39, 0.29) is 24.2 Å². The van der Waals surface area contributed by atoms with Gasteiger partial charge >= 0.3 is 0 Å². The number of hydrogen-bond acceptors (Lipinski definition) is 2. The maximum absolute atomic E-state index is 11.6. The summed E-state index contributed by atoms with van der Waals surface area (Å²) in [6.45, 7) is 0.00894. The van der Waals surface area contributed by atoms with E-state index in [0.717, 1.165) is 4.47 Å². The molecule has 0 unspecified atom stereocenters. The van der Waals surface area contributed by atoms with Crippen LogP contribution in [0.2, 0.25) is 0 Å². The average molecular weight is 304 g/mol. The van der Waals surface area contributed by atoms with Gasteiger partial charge in [0, 0.05) is 4.47 Å². The van der Waals surface area contributed by atoms with Crippen LogP contribution < -0.4 is 10.2 Å². The molecular formula is C10H8BrClN2O2. The number of amides is 2. The summed E-state index contributed by atoms with van der Waals surface area (Å²) in [6.07, 6.45) is 0. The van der Waals surface area contributed by atoms with Crippen molar-refractivity contribution in [3.8, 4) is 0 Å². The smallest absolute Gasteiger partial charge is 0.244 e. The Bertz CT molecular complexity index is 464. The van der Waals surface area contributed by atoms with E-state index in [9.17, 15) is 9.59 Å². The van der Waals surface area contributed by atoms with Crippen LogP contribution in [0, 0.1) is 0 Å². The van der Waals surface area contributed by atoms with Gasteiger partial charge in [0.05, 0.1) is 11.4 Å². The third-order valence-electron chi connectivity index (χ3n) is 2.24. The quantitative estimate of drug-likeness (QED) is 0.807. The van der Waals surface area contributed by atoms with Gasteiger partial charge in [-0.25, -0.2) is 0 Å². The van der Waals surface area contributed by atoms with Crippen molar-refractivity contribution in [2.45, 2.75) is 0 Å². The molecule has 0 aliphatic carbocycles. The molecule has 0 aromatic heterocycles. The number of nitrogens with zero attached hydrogens (tertiary/aromatic N) is 1. The molecule has 1 aliphatic heterocycles. The highest BCUT2D eigenvalue weighted by Gasteiger charge is 2.26. The first kappa shape index (κ1) is 11.4. The van der Waals surface area contributed by atoms with Crippen LogP contribution in [-0.4, -0.2) is 24.2 Å². The van der Waals surface area contributed by atoms with Crippen LogP contribution in [0.15, 0.2) is 22.7 Å². The Labute approximate surface area is 106 Å². The number of alkyl halides is 1. The number of carbonyl (C=O) groups is 2. The second kappa shape index (κ2) is 4.43. The van der Waals surface area contributed by atoms with Crippen LogP contribution in [0.25, 0.3) is 0 Å². The number of benzene rings is 1. The number of carbonyl (C=O) groups excluding carboxylic acids is 2. The van der Waals surface area contributed by atoms with Gasteiger partial charge in [0.1, 0.15) is 12.4 Å². The van der Waals surface area contributed by atoms with Gasteiger partial charge in [-0.05, 0) is 18.2 Å². The Kier molecular flexibility index (Phi) is 3.16. The zero-order valence-corrected chi connectivity index (χ0v) is 10.5. The predicted molar refractivity (Wildman–Crippen MR) is 65.8 cm³/mol. The van der Waals surface area contributed by atoms with Crippen LogP contribution in [0.4, 0.5) is 11.4 Å². The molecule has 0 atom stereocenters. The molecule has 6 heteroatoms. The maximum atomic E-state index is 11.6. The van der Waals surface area contributed by atoms with Crippen molar-refractivity contribution in [1.82, 2.24) is 0 Å². The SMILES string of the molecule is O=C1CN(C(=O)CCl)c2cc(Br)ccc2N1. The summed E-state index contributed by atoms with van der Waals surface area (Å²) < 4.78 is 0.842. The number of halogens is 2. The molecule has 4 nitrogen and oxygen atoms in total. The molecule has 0 saturated carbocycles. The van der Waals surface area contributed by atoms with E-state index in [4.69, 9.17) is 11.6 Å². The van der Waals surface area contributed by atoms with E-state index in [2.05, 4.69) is 21.2 Å². The van der Waals surface area contributed by atoms with E-state index in [1.165, 1.54) is 4.90 Å². The second-order valence-electron chi connectivity index (χ2n) is 3.32. The fraction of sp³-hybridized carbons (Fsp3) is 0.200. The van der Waals surface area contributed by atoms with Crippen molar-refractivity contribution in [1.29, 1.82) is 0 Å². The van der Waals surface area contributed by atoms with Crippen LogP contribution in [-0.2, 0) is 9.59 Å². The Morgan fingerprint density at radius 2 is 2.31 bits per heavy atom. The van der Waals surface area contributed by atoms with Crippen molar-refractivity contribution in [3.63, 3.8) is 0 Å². The Morgan fingerprint density at radius 3 is 3.00 bits per heavy atom. The molecule has 2 amide bonds. The third kappa shape index (κ3) is 2.05. The van der Waals surface area contributed by atoms with E-state index in [1.807, 2.05) is 0 Å². The summed E-state index contributed by atoms with van der Waals surface area (Å²) in [5, 5.41) is 2.70. The zero-order valence-electron chi connectivity index (χ0n) is 8.17. The second-order valence-corrected chi connectivity index (χ2v) is 4.51. The third-order valence-corrected chi connectivity index (χ3v) is 2.96. The average Bonchev–Trinajstić information content (AvgIpc) is 2.27. The van der Waals surface area contributed by atoms with Gasteiger partial charge < -0.3 is 5.32 Å². The molecule has 0 bridgehead atoms. The number of fused-ring (bicyclic) bond motifs is 1. The molecule has 0 saturated heterocycles. The van der Waals surface area contributed by atoms with Gasteiger partial charge in [0.15, 0.2) is 0 Å². The normalized spacial score (nSPS) is 14.4. The Hall–Kier alpha value is -1.07. The van der Waals surface area contributed by atoms with Crippen LogP contribution in [0.3, 0.4) is 0 Å². The highest BCUT2D eigenvalue weighted by molar-refractivity contribution is 9.10. The summed E-state index contributed by atoms with van der Waals surface area (Å²) in [6, 6.07) is 5.32. The van der Waals surface area contributed by atoms with E-state index in [0.29, 0.717) is 11.4 Å². The number of rotatable bonds is 1. The molecule has 1 N–H and O–H groups in total. The lowest BCUT2D eigenvalue weighted by atomic mass is 10.2. The lowest BCUT2D eigenvalue weighted by molar-refractivity contribution is -0.120. The van der Waals surface area contributed by atoms with Gasteiger partial charge in [-0.15, -0.1) is 11.6 Å². The van der Waals surface area contributed by atoms with Gasteiger partial charge in [-0.1, -0.05) is 15.9 Å². The number of nitrogens with one attached hydrogen (secondary N) is 1. The van der Waals surface area contributed by atoms with Crippen molar-refractivity contribution in [3.05, 3.63) is 22.7 Å². The van der Waals surface area contributed by atoms with E-state index >= 15 is 0 Å². The summed E-state index contributed by atoms with van der Waals surface area (Å²) >= 11 is 8.83. The minimum absolute atomic E-state index is 0.00894. The molecule has 2 rings (SSSR count). The minimum Gasteiger partial charge on any atom is -0.323 e. The monoisotopic (exact) mass is 302 g/mol. The van der Waals surface area contributed by atoms with Crippen LogP contribution in [0.5, 0.6) is 0 Å². The lowest BCUT2D eigenvalue weighted by Crippen LogP contribution is -2.42. The largest absolute Gasteiger partial charge is 0.323 e. The topological polar surface area (TPSA) is 49.4 Å². The molecule has 0 fully saturated rings. The minimum atomic E-state index is -0.282. The Balaban J connectivity index is 2.47. The van der Waals surface area contributed by atoms with Crippen LogP contribution in [0.1, 0.15) is 0 Å². The van der Waals surface area contributed by atoms with Gasteiger partial charge in [0.25, 0.3) is 0 Å². The molecule has 1 aliphatic rings.